The third-order valence-electron chi connectivity index (χ3n) is 3.60. The topological polar surface area (TPSA) is 38.5 Å². The molecule has 112 valence electrons. The summed E-state index contributed by atoms with van der Waals surface area (Å²) in [4.78, 5) is 2.27. The first-order valence-corrected chi connectivity index (χ1v) is 7.72. The van der Waals surface area contributed by atoms with Crippen LogP contribution in [-0.4, -0.2) is 25.6 Å². The van der Waals surface area contributed by atoms with Crippen molar-refractivity contribution in [2.24, 2.45) is 5.73 Å². The quantitative estimate of drug-likeness (QED) is 0.866. The Balaban J connectivity index is 2.09. The van der Waals surface area contributed by atoms with E-state index in [1.807, 2.05) is 12.1 Å². The molecule has 2 rings (SSSR count). The fourth-order valence-corrected chi connectivity index (χ4v) is 2.65. The van der Waals surface area contributed by atoms with Crippen molar-refractivity contribution in [2.45, 2.75) is 12.6 Å². The highest BCUT2D eigenvalue weighted by atomic mass is 79.9. The number of ether oxygens (including phenoxy) is 1. The van der Waals surface area contributed by atoms with E-state index in [0.717, 1.165) is 16.8 Å². The zero-order valence-corrected chi connectivity index (χ0v) is 14.0. The van der Waals surface area contributed by atoms with Gasteiger partial charge < -0.3 is 10.5 Å². The molecule has 0 bridgehead atoms. The highest BCUT2D eigenvalue weighted by Gasteiger charge is 2.15. The number of hydrogen-bond donors (Lipinski definition) is 1. The molecule has 0 aliphatic heterocycles. The molecule has 0 radical (unpaired) electrons. The maximum atomic E-state index is 5.97. The van der Waals surface area contributed by atoms with Gasteiger partial charge >= 0.3 is 0 Å². The number of rotatable bonds is 6. The van der Waals surface area contributed by atoms with E-state index in [1.165, 1.54) is 11.1 Å². The SMILES string of the molecule is COc1ccc(C(CN)N(C)Cc2ccc(Br)cc2)cc1. The Morgan fingerprint density at radius 1 is 1.10 bits per heavy atom. The molecule has 0 saturated heterocycles. The van der Waals surface area contributed by atoms with Crippen molar-refractivity contribution in [3.8, 4) is 5.75 Å². The van der Waals surface area contributed by atoms with Crippen molar-refractivity contribution in [2.75, 3.05) is 20.7 Å². The minimum atomic E-state index is 0.194. The molecule has 2 aromatic rings. The molecular formula is C17H21BrN2O. The Bertz CT molecular complexity index is 554. The van der Waals surface area contributed by atoms with Crippen LogP contribution < -0.4 is 10.5 Å². The maximum Gasteiger partial charge on any atom is 0.118 e. The van der Waals surface area contributed by atoms with Crippen LogP contribution in [0.2, 0.25) is 0 Å². The van der Waals surface area contributed by atoms with E-state index in [9.17, 15) is 0 Å². The van der Waals surface area contributed by atoms with Crippen molar-refractivity contribution in [1.29, 1.82) is 0 Å². The van der Waals surface area contributed by atoms with Gasteiger partial charge in [-0.2, -0.15) is 0 Å². The average molecular weight is 349 g/mol. The maximum absolute atomic E-state index is 5.97. The van der Waals surface area contributed by atoms with Gasteiger partial charge in [0.05, 0.1) is 7.11 Å². The number of benzene rings is 2. The van der Waals surface area contributed by atoms with Gasteiger partial charge in [0, 0.05) is 23.6 Å². The van der Waals surface area contributed by atoms with Crippen molar-refractivity contribution in [3.63, 3.8) is 0 Å². The van der Waals surface area contributed by atoms with E-state index in [1.54, 1.807) is 7.11 Å². The van der Waals surface area contributed by atoms with Crippen LogP contribution in [0, 0.1) is 0 Å². The number of halogens is 1. The Hall–Kier alpha value is -1.36. The predicted octanol–water partition coefficient (Wildman–Crippen LogP) is 3.59. The van der Waals surface area contributed by atoms with E-state index in [0.29, 0.717) is 6.54 Å². The largest absolute Gasteiger partial charge is 0.497 e. The Morgan fingerprint density at radius 2 is 1.71 bits per heavy atom. The van der Waals surface area contributed by atoms with Gasteiger partial charge in [-0.25, -0.2) is 0 Å². The normalized spacial score (nSPS) is 12.4. The smallest absolute Gasteiger partial charge is 0.118 e. The van der Waals surface area contributed by atoms with Gasteiger partial charge in [-0.15, -0.1) is 0 Å². The molecule has 0 aromatic heterocycles. The standard InChI is InChI=1S/C17H21BrN2O/c1-20(12-13-3-7-15(18)8-4-13)17(11-19)14-5-9-16(21-2)10-6-14/h3-10,17H,11-12,19H2,1-2H3. The molecule has 0 aliphatic carbocycles. The summed E-state index contributed by atoms with van der Waals surface area (Å²) < 4.78 is 6.30. The lowest BCUT2D eigenvalue weighted by molar-refractivity contribution is 0.241. The molecule has 1 atom stereocenters. The second-order valence-corrected chi connectivity index (χ2v) is 5.98. The number of hydrogen-bond acceptors (Lipinski definition) is 3. The fourth-order valence-electron chi connectivity index (χ4n) is 2.38. The van der Waals surface area contributed by atoms with E-state index in [2.05, 4.69) is 64.3 Å². The molecule has 3 nitrogen and oxygen atoms in total. The van der Waals surface area contributed by atoms with Crippen molar-refractivity contribution in [1.82, 2.24) is 4.90 Å². The highest BCUT2D eigenvalue weighted by molar-refractivity contribution is 9.10. The number of likely N-dealkylation sites (N-methyl/N-ethyl adjacent to an activating group) is 1. The van der Waals surface area contributed by atoms with E-state index in [4.69, 9.17) is 10.5 Å². The summed E-state index contributed by atoms with van der Waals surface area (Å²) in [6.45, 7) is 1.44. The van der Waals surface area contributed by atoms with Crippen LogP contribution in [0.25, 0.3) is 0 Å². The van der Waals surface area contributed by atoms with Gasteiger partial charge in [0.25, 0.3) is 0 Å². The average Bonchev–Trinajstić information content (AvgIpc) is 2.51. The molecular weight excluding hydrogens is 328 g/mol. The van der Waals surface area contributed by atoms with E-state index >= 15 is 0 Å². The van der Waals surface area contributed by atoms with Gasteiger partial charge in [0.2, 0.25) is 0 Å². The van der Waals surface area contributed by atoms with Gasteiger partial charge in [-0.1, -0.05) is 40.2 Å². The zero-order valence-electron chi connectivity index (χ0n) is 12.4. The lowest BCUT2D eigenvalue weighted by Gasteiger charge is -2.27. The lowest BCUT2D eigenvalue weighted by Crippen LogP contribution is -2.30. The summed E-state index contributed by atoms with van der Waals surface area (Å²) in [5.41, 5.74) is 8.45. The van der Waals surface area contributed by atoms with Crippen molar-refractivity contribution < 1.29 is 4.74 Å². The van der Waals surface area contributed by atoms with E-state index < -0.39 is 0 Å². The molecule has 4 heteroatoms. The molecule has 0 saturated carbocycles. The third-order valence-corrected chi connectivity index (χ3v) is 4.13. The lowest BCUT2D eigenvalue weighted by atomic mass is 10.0. The van der Waals surface area contributed by atoms with Crippen LogP contribution in [0.4, 0.5) is 0 Å². The van der Waals surface area contributed by atoms with Crippen LogP contribution in [0.5, 0.6) is 5.75 Å². The minimum absolute atomic E-state index is 0.194. The second-order valence-electron chi connectivity index (χ2n) is 5.07. The fraction of sp³-hybridized carbons (Fsp3) is 0.294. The third kappa shape index (κ3) is 4.30. The molecule has 21 heavy (non-hydrogen) atoms. The predicted molar refractivity (Wildman–Crippen MR) is 90.4 cm³/mol. The first-order valence-electron chi connectivity index (χ1n) is 6.92. The van der Waals surface area contributed by atoms with Crippen molar-refractivity contribution in [3.05, 3.63) is 64.1 Å². The Kier molecular flexibility index (Phi) is 5.79. The highest BCUT2D eigenvalue weighted by Crippen LogP contribution is 2.23. The van der Waals surface area contributed by atoms with Crippen LogP contribution in [0.1, 0.15) is 17.2 Å². The van der Waals surface area contributed by atoms with Gasteiger partial charge in [-0.05, 0) is 42.4 Å². The van der Waals surface area contributed by atoms with Crippen LogP contribution in [0.3, 0.4) is 0 Å². The molecule has 2 aromatic carbocycles. The van der Waals surface area contributed by atoms with E-state index in [-0.39, 0.29) is 6.04 Å². The minimum Gasteiger partial charge on any atom is -0.497 e. The molecule has 0 heterocycles. The summed E-state index contributed by atoms with van der Waals surface area (Å²) >= 11 is 3.46. The summed E-state index contributed by atoms with van der Waals surface area (Å²) in [7, 11) is 3.78. The summed E-state index contributed by atoms with van der Waals surface area (Å²) in [6, 6.07) is 16.7. The number of nitrogens with two attached hydrogens (primary N) is 1. The molecule has 0 fully saturated rings. The number of methoxy groups -OCH3 is 1. The Labute approximate surface area is 134 Å². The molecule has 0 spiro atoms. The first kappa shape index (κ1) is 16.0. The van der Waals surface area contributed by atoms with Gasteiger partial charge in [0.1, 0.15) is 5.75 Å². The van der Waals surface area contributed by atoms with Crippen molar-refractivity contribution >= 4 is 15.9 Å². The van der Waals surface area contributed by atoms with Crippen LogP contribution >= 0.6 is 15.9 Å². The molecule has 2 N–H and O–H groups in total. The number of nitrogens with zero attached hydrogens (tertiary/aromatic N) is 1. The summed E-state index contributed by atoms with van der Waals surface area (Å²) in [6.07, 6.45) is 0. The molecule has 0 amide bonds. The van der Waals surface area contributed by atoms with Crippen LogP contribution in [-0.2, 0) is 6.54 Å². The summed E-state index contributed by atoms with van der Waals surface area (Å²) in [5, 5.41) is 0. The van der Waals surface area contributed by atoms with Crippen LogP contribution in [0.15, 0.2) is 53.0 Å². The Morgan fingerprint density at radius 3 is 2.24 bits per heavy atom. The molecule has 0 aliphatic rings. The monoisotopic (exact) mass is 348 g/mol. The van der Waals surface area contributed by atoms with Gasteiger partial charge in [0.15, 0.2) is 0 Å². The summed E-state index contributed by atoms with van der Waals surface area (Å²) in [5.74, 6) is 0.866. The first-order chi connectivity index (χ1) is 10.1. The molecule has 1 unspecified atom stereocenters. The van der Waals surface area contributed by atoms with Gasteiger partial charge in [-0.3, -0.25) is 4.90 Å². The second kappa shape index (κ2) is 7.59. The zero-order chi connectivity index (χ0) is 15.2.